The first-order valence-electron chi connectivity index (χ1n) is 39.8. The maximum Gasteiger partial charge on any atom is 0.245 e. The summed E-state index contributed by atoms with van der Waals surface area (Å²) >= 11 is 0.831. The third-order valence-corrected chi connectivity index (χ3v) is 23.0. The highest BCUT2D eigenvalue weighted by Crippen LogP contribution is 2.29. The molecule has 13 N–H and O–H groups in total. The molecule has 0 radical (unpaired) electrons. The Labute approximate surface area is 690 Å². The number of nitrogens with two attached hydrogens (primary N) is 1. The van der Waals surface area contributed by atoms with Crippen molar-refractivity contribution in [1.29, 1.82) is 0 Å². The molecule has 8 rings (SSSR count). The lowest BCUT2D eigenvalue weighted by atomic mass is 9.90. The molecule has 3 saturated heterocycles. The number of carbonyl (C=O) groups excluding carboxylic acids is 15. The first-order valence-corrected chi connectivity index (χ1v) is 40.9. The highest BCUT2D eigenvalue weighted by atomic mass is 32.2. The lowest BCUT2D eigenvalue weighted by Gasteiger charge is -2.34. The van der Waals surface area contributed by atoms with Crippen molar-refractivity contribution in [2.24, 2.45) is 29.4 Å². The molecule has 5 aromatic rings. The van der Waals surface area contributed by atoms with E-state index in [9.17, 15) is 82.8 Å². The summed E-state index contributed by atoms with van der Waals surface area (Å²) in [7, 11) is 2.65. The number of rotatable bonds is 16. The number of primary amides is 1. The van der Waals surface area contributed by atoms with Crippen molar-refractivity contribution in [3.05, 3.63) is 156 Å². The number of ketones is 3. The van der Waals surface area contributed by atoms with E-state index in [0.717, 1.165) is 50.7 Å². The van der Waals surface area contributed by atoms with Crippen molar-refractivity contribution in [1.82, 2.24) is 56.8 Å². The highest BCUT2D eigenvalue weighted by Gasteiger charge is 2.45. The molecule has 118 heavy (non-hydrogen) atoms. The van der Waals surface area contributed by atoms with E-state index in [1.807, 2.05) is 72.8 Å². The molecule has 0 aromatic heterocycles. The van der Waals surface area contributed by atoms with Crippen LogP contribution in [-0.2, 0) is 91.2 Å². The fraction of sp³-hybridized carbons (Fsp3) is 0.477. The molecule has 32 heteroatoms. The number of aliphatic hydroxyl groups excluding tert-OH is 4. The van der Waals surface area contributed by atoms with Gasteiger partial charge in [0, 0.05) is 71.5 Å². The summed E-state index contributed by atoms with van der Waals surface area (Å²) < 4.78 is 0. The number of hydrogen-bond acceptors (Lipinski definition) is 20. The predicted octanol–water partition coefficient (Wildman–Crippen LogP) is 1.11. The molecule has 634 valence electrons. The molecule has 3 heterocycles. The lowest BCUT2D eigenvalue weighted by molar-refractivity contribution is -0.149. The number of likely N-dealkylation sites (N-methyl/N-ethyl adjacent to an activating group) is 2. The highest BCUT2D eigenvalue weighted by molar-refractivity contribution is 8.00. The van der Waals surface area contributed by atoms with Crippen molar-refractivity contribution in [2.75, 3.05) is 58.4 Å². The third-order valence-electron chi connectivity index (χ3n) is 21.9. The van der Waals surface area contributed by atoms with Crippen molar-refractivity contribution < 1.29 is 92.3 Å². The summed E-state index contributed by atoms with van der Waals surface area (Å²) in [4.78, 5) is 221. The molecule has 0 bridgehead atoms. The fourth-order valence-corrected chi connectivity index (χ4v) is 15.6. The molecular weight excluding hydrogens is 1540 g/mol. The standard InChI is InChI=1S/C86H110N12O19S/c1-49(2)75-71(104)41-61(45-99)78(109)94-76(53(6)102)72(105)43-63(52(5)101)79(110)91-66(40-56-30-34-60(35-31-56)58-24-16-11-17-25-58)85(116)95(7)50(3)77(108)90-65(39-55-28-32-59(33-29-55)57-22-14-10-15-23-57)86(117)96(8)51(4)83(114)97-36-18-26-68(97)70(103)42-62(46-100)84(115)98-37-19-27-69(98)82(113)92-67(80(111)88-44-73(87)106)47-118-48-74(107)89-64(81(112)93-75)38-54-20-12-9-13-21-54/h9-17,20-25,28-35,49-53,61-69,75-76,99-102H,18-19,26-27,36-48H2,1-8H3,(H2,87,106)(H,88,111)(H,89,107)(H,90,108)(H,91,110)(H,92,113)(H,93,112)(H,94,109)/t50-,51-,52+,53+,61-,62-,63-,64-,65-,66-,67-,68-,69-,75-,76-/m0/s1. The summed E-state index contributed by atoms with van der Waals surface area (Å²) in [5, 5.41) is 62.3. The molecule has 3 fully saturated rings. The minimum Gasteiger partial charge on any atom is -0.396 e. The van der Waals surface area contributed by atoms with Crippen LogP contribution in [0.25, 0.3) is 22.3 Å². The maximum atomic E-state index is 15.3. The second kappa shape index (κ2) is 43.9. The quantitative estimate of drug-likeness (QED) is 0.0658. The zero-order valence-electron chi connectivity index (χ0n) is 67.7. The van der Waals surface area contributed by atoms with Crippen molar-refractivity contribution in [3.63, 3.8) is 0 Å². The van der Waals surface area contributed by atoms with E-state index < -0.39 is 229 Å². The molecule has 0 saturated carbocycles. The Morgan fingerprint density at radius 2 is 0.932 bits per heavy atom. The Morgan fingerprint density at radius 3 is 1.44 bits per heavy atom. The Bertz CT molecular complexity index is 4370. The average molecular weight is 1650 g/mol. The number of carbonyl (C=O) groups is 15. The van der Waals surface area contributed by atoms with Gasteiger partial charge in [-0.3, -0.25) is 71.9 Å². The van der Waals surface area contributed by atoms with Crippen LogP contribution < -0.4 is 43.0 Å². The average Bonchev–Trinajstić information content (AvgIpc) is 1.61. The first kappa shape index (κ1) is 92.5. The number of amides is 12. The van der Waals surface area contributed by atoms with E-state index in [1.54, 1.807) is 80.6 Å². The predicted molar refractivity (Wildman–Crippen MR) is 438 cm³/mol. The number of hydrogen-bond donors (Lipinski definition) is 12. The SMILES string of the molecule is CC(C)[C@@H]1NC(=O)[C@H](Cc2ccccc2)NC(=O)CSC[C@@H](C(=O)NCC(N)=O)NC(=O)[C@@H]2CCCN2C(=O)[C@H](CO)CC(=O)[C@@H]2CCCN2C(=O)[C@H](C)N(C)C(=O)[C@H](Cc2ccc(-c3ccccc3)cc2)NC(=O)[C@H](C)N(C)C(=O)[C@H](Cc2ccc(-c3ccccc3)cc2)NC(=O)[C@H]([C@@H](C)O)CC(=O)[C@H]([C@@H](C)O)NC(=O)[C@H](CO)CC1=O. The zero-order valence-corrected chi connectivity index (χ0v) is 68.5. The number of nitrogens with zero attached hydrogens (tertiary/aromatic N) is 4. The van der Waals surface area contributed by atoms with Gasteiger partial charge in [-0.2, -0.15) is 0 Å². The monoisotopic (exact) mass is 1650 g/mol. The van der Waals surface area contributed by atoms with Crippen LogP contribution in [0, 0.1) is 23.7 Å². The van der Waals surface area contributed by atoms with Gasteiger partial charge in [0.15, 0.2) is 17.3 Å². The summed E-state index contributed by atoms with van der Waals surface area (Å²) in [5.41, 5.74) is 10.4. The molecule has 0 unspecified atom stereocenters. The third kappa shape index (κ3) is 25.2. The largest absolute Gasteiger partial charge is 0.396 e. The van der Waals surface area contributed by atoms with Gasteiger partial charge in [0.05, 0.1) is 67.6 Å². The van der Waals surface area contributed by atoms with E-state index >= 15 is 9.59 Å². The van der Waals surface area contributed by atoms with E-state index in [1.165, 1.54) is 44.7 Å². The van der Waals surface area contributed by atoms with Crippen LogP contribution in [0.2, 0.25) is 0 Å². The van der Waals surface area contributed by atoms with Gasteiger partial charge in [-0.05, 0) is 98.2 Å². The van der Waals surface area contributed by atoms with Gasteiger partial charge in [0.1, 0.15) is 48.3 Å². The minimum absolute atomic E-state index is 0.00867. The first-order chi connectivity index (χ1) is 56.2. The number of Topliss-reactive ketones (excluding diaryl/α,β-unsaturated/α-hetero) is 3. The van der Waals surface area contributed by atoms with Gasteiger partial charge in [0.2, 0.25) is 70.9 Å². The zero-order chi connectivity index (χ0) is 86.2. The molecule has 31 nitrogen and oxygen atoms in total. The smallest absolute Gasteiger partial charge is 0.245 e. The minimum atomic E-state index is -1.84. The molecule has 15 atom stereocenters. The van der Waals surface area contributed by atoms with Crippen molar-refractivity contribution in [2.45, 2.75) is 178 Å². The van der Waals surface area contributed by atoms with Crippen LogP contribution in [0.5, 0.6) is 0 Å². The van der Waals surface area contributed by atoms with Crippen LogP contribution in [0.3, 0.4) is 0 Å². The molecule has 12 amide bonds. The van der Waals surface area contributed by atoms with Crippen molar-refractivity contribution in [3.8, 4) is 22.3 Å². The summed E-state index contributed by atoms with van der Waals surface area (Å²) in [6.07, 6.45) is -5.24. The summed E-state index contributed by atoms with van der Waals surface area (Å²) in [5.74, 6) is -18.9. The van der Waals surface area contributed by atoms with E-state index in [4.69, 9.17) is 5.73 Å². The number of aliphatic hydroxyl groups is 4. The van der Waals surface area contributed by atoms with Crippen LogP contribution in [-0.4, -0.2) is 259 Å². The van der Waals surface area contributed by atoms with Crippen LogP contribution in [0.1, 0.15) is 103 Å². The summed E-state index contributed by atoms with van der Waals surface area (Å²) in [6.45, 7) is 5.90. The Hall–Kier alpha value is -11.1. The number of benzene rings is 5. The van der Waals surface area contributed by atoms with Gasteiger partial charge in [0.25, 0.3) is 0 Å². The fourth-order valence-electron chi connectivity index (χ4n) is 14.7. The van der Waals surface area contributed by atoms with Gasteiger partial charge < -0.3 is 83.0 Å². The molecule has 0 aliphatic carbocycles. The van der Waals surface area contributed by atoms with Gasteiger partial charge in [-0.1, -0.05) is 153 Å². The Balaban J connectivity index is 1.13. The van der Waals surface area contributed by atoms with Crippen LogP contribution >= 0.6 is 11.8 Å². The molecule has 0 spiro atoms. The van der Waals surface area contributed by atoms with Gasteiger partial charge in [-0.25, -0.2) is 0 Å². The second-order valence-corrected chi connectivity index (χ2v) is 32.0. The van der Waals surface area contributed by atoms with E-state index in [2.05, 4.69) is 37.2 Å². The Kier molecular flexibility index (Phi) is 34.4. The summed E-state index contributed by atoms with van der Waals surface area (Å²) in [6, 6.07) is 27.4. The topological polar surface area (TPSA) is 460 Å². The van der Waals surface area contributed by atoms with Crippen LogP contribution in [0.15, 0.2) is 140 Å². The van der Waals surface area contributed by atoms with Crippen LogP contribution in [0.4, 0.5) is 0 Å². The maximum absolute atomic E-state index is 15.3. The molecule has 3 aliphatic rings. The molecule has 5 aromatic carbocycles. The van der Waals surface area contributed by atoms with Gasteiger partial charge >= 0.3 is 0 Å². The number of fused-ring (bicyclic) bond motifs is 2. The molecular formula is C86H110N12O19S. The molecule has 3 aliphatic heterocycles. The normalized spacial score (nSPS) is 25.7. The van der Waals surface area contributed by atoms with E-state index in [-0.39, 0.29) is 57.4 Å². The lowest BCUT2D eigenvalue weighted by Crippen LogP contribution is -2.59. The number of thioether (sulfide) groups is 1. The second-order valence-electron chi connectivity index (χ2n) is 30.9. The van der Waals surface area contributed by atoms with Crippen molar-refractivity contribution >= 4 is 100.0 Å². The van der Waals surface area contributed by atoms with E-state index in [0.29, 0.717) is 23.1 Å². The Morgan fingerprint density at radius 1 is 0.475 bits per heavy atom. The number of nitrogens with one attached hydrogen (secondary N) is 7. The van der Waals surface area contributed by atoms with Gasteiger partial charge in [-0.15, -0.1) is 11.8 Å².